The summed E-state index contributed by atoms with van der Waals surface area (Å²) >= 11 is 2.19. The molecule has 2 N–H and O–H groups in total. The number of nitrogens with two attached hydrogens (primary N) is 1. The molecule has 0 radical (unpaired) electrons. The van der Waals surface area contributed by atoms with Gasteiger partial charge >= 0.3 is 0 Å². The zero-order valence-electron chi connectivity index (χ0n) is 11.6. The normalized spacial score (nSPS) is 11.6. The molecule has 0 fully saturated rings. The molecule has 0 saturated heterocycles. The predicted molar refractivity (Wildman–Crippen MR) is 91.0 cm³/mol. The molecule has 0 bridgehead atoms. The van der Waals surface area contributed by atoms with Crippen molar-refractivity contribution < 1.29 is 13.2 Å². The van der Waals surface area contributed by atoms with Crippen molar-refractivity contribution in [1.29, 1.82) is 0 Å². The predicted octanol–water partition coefficient (Wildman–Crippen LogP) is 2.92. The number of rotatable bonds is 4. The largest absolute Gasteiger partial charge is 0.455 e. The molecule has 2 aromatic rings. The molecule has 0 aliphatic carbocycles. The van der Waals surface area contributed by atoms with Crippen molar-refractivity contribution in [2.24, 2.45) is 0 Å². The first-order valence-electron chi connectivity index (χ1n) is 6.07. The molecule has 0 spiro atoms. The summed E-state index contributed by atoms with van der Waals surface area (Å²) in [4.78, 5) is 0.0375. The molecule has 0 atom stereocenters. The van der Waals surface area contributed by atoms with Crippen molar-refractivity contribution in [3.05, 3.63) is 46.0 Å². The van der Waals surface area contributed by atoms with Crippen molar-refractivity contribution in [2.75, 3.05) is 19.8 Å². The van der Waals surface area contributed by atoms with Gasteiger partial charge < -0.3 is 10.5 Å². The van der Waals surface area contributed by atoms with Crippen molar-refractivity contribution in [2.45, 2.75) is 4.90 Å². The fourth-order valence-electron chi connectivity index (χ4n) is 1.66. The van der Waals surface area contributed by atoms with E-state index in [0.717, 1.165) is 7.88 Å². The molecule has 0 unspecified atom stereocenters. The van der Waals surface area contributed by atoms with Crippen molar-refractivity contribution in [3.63, 3.8) is 0 Å². The number of anilines is 1. The van der Waals surface area contributed by atoms with Crippen molar-refractivity contribution in [1.82, 2.24) is 4.31 Å². The number of nitrogens with zero attached hydrogens (tertiary/aromatic N) is 1. The molecule has 7 heteroatoms. The topological polar surface area (TPSA) is 72.6 Å². The zero-order chi connectivity index (χ0) is 15.6. The fraction of sp³-hybridized carbons (Fsp3) is 0.143. The lowest BCUT2D eigenvalue weighted by Crippen LogP contribution is -2.23. The Hall–Kier alpha value is -1.32. The van der Waals surface area contributed by atoms with Crippen LogP contribution in [0.5, 0.6) is 11.5 Å². The number of benzene rings is 2. The highest BCUT2D eigenvalue weighted by molar-refractivity contribution is 14.1. The summed E-state index contributed by atoms with van der Waals surface area (Å²) in [6.45, 7) is 0. The Balaban J connectivity index is 2.41. The minimum atomic E-state index is -3.60. The number of nitrogen functional groups attached to an aromatic ring is 1. The number of hydrogen-bond acceptors (Lipinski definition) is 4. The van der Waals surface area contributed by atoms with E-state index in [-0.39, 0.29) is 10.6 Å². The molecule has 21 heavy (non-hydrogen) atoms. The van der Waals surface area contributed by atoms with Gasteiger partial charge in [-0.15, -0.1) is 0 Å². The fourth-order valence-corrected chi connectivity index (χ4v) is 3.05. The average molecular weight is 418 g/mol. The van der Waals surface area contributed by atoms with Gasteiger partial charge in [0.2, 0.25) is 10.0 Å². The van der Waals surface area contributed by atoms with Crippen LogP contribution in [0.3, 0.4) is 0 Å². The molecule has 0 aromatic heterocycles. The van der Waals surface area contributed by atoms with Crippen LogP contribution in [0.15, 0.2) is 47.4 Å². The lowest BCUT2D eigenvalue weighted by Gasteiger charge is -2.15. The van der Waals surface area contributed by atoms with Crippen LogP contribution in [0, 0.1) is 3.57 Å². The number of halogens is 1. The number of hydrogen-bond donors (Lipinski definition) is 1. The first-order valence-corrected chi connectivity index (χ1v) is 8.58. The minimum absolute atomic E-state index is 0.0375. The Morgan fingerprint density at radius 2 is 1.71 bits per heavy atom. The molecule has 0 amide bonds. The maximum absolute atomic E-state index is 12.2. The molecule has 0 heterocycles. The lowest BCUT2D eigenvalue weighted by molar-refractivity contribution is 0.482. The third-order valence-corrected chi connectivity index (χ3v) is 5.42. The highest BCUT2D eigenvalue weighted by Crippen LogP contribution is 2.33. The van der Waals surface area contributed by atoms with Crippen LogP contribution >= 0.6 is 22.6 Å². The molecule has 5 nitrogen and oxygen atoms in total. The summed E-state index contributed by atoms with van der Waals surface area (Å²) < 4.78 is 32.3. The van der Waals surface area contributed by atoms with Crippen LogP contribution in [-0.4, -0.2) is 26.8 Å². The average Bonchev–Trinajstić information content (AvgIpc) is 2.43. The minimum Gasteiger partial charge on any atom is -0.455 e. The Kier molecular flexibility index (Phi) is 4.74. The Labute approximate surface area is 137 Å². The first kappa shape index (κ1) is 16.1. The second-order valence-electron chi connectivity index (χ2n) is 4.51. The highest BCUT2D eigenvalue weighted by Gasteiger charge is 2.22. The van der Waals surface area contributed by atoms with Gasteiger partial charge in [0.15, 0.2) is 5.75 Å². The maximum atomic E-state index is 12.2. The van der Waals surface area contributed by atoms with E-state index in [1.807, 2.05) is 12.1 Å². The van der Waals surface area contributed by atoms with Gasteiger partial charge in [0.1, 0.15) is 10.6 Å². The van der Waals surface area contributed by atoms with Gasteiger partial charge in [-0.05, 0) is 59.0 Å². The lowest BCUT2D eigenvalue weighted by atomic mass is 10.3. The molecule has 112 valence electrons. The summed E-state index contributed by atoms with van der Waals surface area (Å²) in [6.07, 6.45) is 0. The summed E-state index contributed by atoms with van der Waals surface area (Å²) in [5.41, 5.74) is 6.05. The second-order valence-corrected chi connectivity index (χ2v) is 7.88. The van der Waals surface area contributed by atoms with Gasteiger partial charge in [0.05, 0.1) is 5.69 Å². The number of sulfonamides is 1. The van der Waals surface area contributed by atoms with Crippen LogP contribution in [0.25, 0.3) is 0 Å². The van der Waals surface area contributed by atoms with E-state index in [2.05, 4.69) is 22.6 Å². The second kappa shape index (κ2) is 6.20. The smallest absolute Gasteiger partial charge is 0.244 e. The summed E-state index contributed by atoms with van der Waals surface area (Å²) in [5, 5.41) is 0. The summed E-state index contributed by atoms with van der Waals surface area (Å²) in [5.74, 6) is 0.917. The van der Waals surface area contributed by atoms with Gasteiger partial charge in [-0.25, -0.2) is 12.7 Å². The molecular formula is C14H15IN2O3S. The van der Waals surface area contributed by atoms with Crippen molar-refractivity contribution in [3.8, 4) is 11.5 Å². The Morgan fingerprint density at radius 3 is 2.29 bits per heavy atom. The van der Waals surface area contributed by atoms with Gasteiger partial charge in [-0.1, -0.05) is 6.07 Å². The zero-order valence-corrected chi connectivity index (χ0v) is 14.6. The first-order chi connectivity index (χ1) is 9.82. The third-order valence-electron chi connectivity index (χ3n) is 2.83. The van der Waals surface area contributed by atoms with E-state index in [0.29, 0.717) is 11.5 Å². The maximum Gasteiger partial charge on any atom is 0.244 e. The van der Waals surface area contributed by atoms with E-state index in [4.69, 9.17) is 10.5 Å². The van der Waals surface area contributed by atoms with Gasteiger partial charge in [-0.2, -0.15) is 0 Å². The molecule has 2 rings (SSSR count). The van der Waals surface area contributed by atoms with E-state index in [1.165, 1.54) is 20.2 Å². The standard InChI is InChI=1S/C14H15IN2O3S/c1-17(2)21(18,19)13-5-3-4-12(14(13)16)20-11-8-6-10(15)7-9-11/h3-9H,16H2,1-2H3. The van der Waals surface area contributed by atoms with Crippen molar-refractivity contribution >= 4 is 38.3 Å². The van der Waals surface area contributed by atoms with E-state index in [1.54, 1.807) is 24.3 Å². The van der Waals surface area contributed by atoms with Crippen LogP contribution in [0.2, 0.25) is 0 Å². The van der Waals surface area contributed by atoms with Gasteiger partial charge in [-0.3, -0.25) is 0 Å². The summed E-state index contributed by atoms with van der Waals surface area (Å²) in [7, 11) is -0.682. The summed E-state index contributed by atoms with van der Waals surface area (Å²) in [6, 6.07) is 12.1. The molecule has 0 saturated carbocycles. The van der Waals surface area contributed by atoms with Gasteiger partial charge in [0, 0.05) is 17.7 Å². The number of ether oxygens (including phenoxy) is 1. The van der Waals surface area contributed by atoms with Crippen LogP contribution in [-0.2, 0) is 10.0 Å². The third kappa shape index (κ3) is 3.47. The van der Waals surface area contributed by atoms with Crippen LogP contribution in [0.1, 0.15) is 0 Å². The van der Waals surface area contributed by atoms with Gasteiger partial charge in [0.25, 0.3) is 0 Å². The SMILES string of the molecule is CN(C)S(=O)(=O)c1cccc(Oc2ccc(I)cc2)c1N. The van der Waals surface area contributed by atoms with Crippen LogP contribution in [0.4, 0.5) is 5.69 Å². The van der Waals surface area contributed by atoms with E-state index < -0.39 is 10.0 Å². The van der Waals surface area contributed by atoms with E-state index in [9.17, 15) is 8.42 Å². The number of para-hydroxylation sites is 1. The van der Waals surface area contributed by atoms with E-state index >= 15 is 0 Å². The molecule has 2 aromatic carbocycles. The highest BCUT2D eigenvalue weighted by atomic mass is 127. The van der Waals surface area contributed by atoms with Crippen LogP contribution < -0.4 is 10.5 Å². The molecular weight excluding hydrogens is 403 g/mol. The molecule has 0 aliphatic heterocycles. The quantitative estimate of drug-likeness (QED) is 0.612. The molecule has 0 aliphatic rings. The Bertz CT molecular complexity index is 743. The monoisotopic (exact) mass is 418 g/mol. The Morgan fingerprint density at radius 1 is 1.10 bits per heavy atom.